The van der Waals surface area contributed by atoms with Crippen molar-refractivity contribution in [2.24, 2.45) is 0 Å². The number of nitrogen functional groups attached to an aromatic ring is 1. The molecule has 1 fully saturated rings. The first-order valence-corrected chi connectivity index (χ1v) is 6.02. The Bertz CT molecular complexity index is 504. The number of anilines is 1. The summed E-state index contributed by atoms with van der Waals surface area (Å²) in [6.07, 6.45) is 0. The molecule has 0 aromatic heterocycles. The van der Waals surface area contributed by atoms with Gasteiger partial charge in [-0.25, -0.2) is 0 Å². The van der Waals surface area contributed by atoms with Crippen LogP contribution in [0.25, 0.3) is 0 Å². The van der Waals surface area contributed by atoms with Gasteiger partial charge in [-0.15, -0.1) is 0 Å². The second kappa shape index (κ2) is 4.86. The molecule has 96 valence electrons. The Hall–Kier alpha value is -1.75. The predicted molar refractivity (Wildman–Crippen MR) is 69.4 cm³/mol. The van der Waals surface area contributed by atoms with Gasteiger partial charge in [-0.2, -0.15) is 0 Å². The monoisotopic (exact) mass is 267 g/mol. The minimum absolute atomic E-state index is 0.142. The quantitative estimate of drug-likeness (QED) is 0.742. The van der Waals surface area contributed by atoms with Crippen molar-refractivity contribution in [1.29, 1.82) is 0 Å². The number of amides is 2. The molecule has 0 bridgehead atoms. The van der Waals surface area contributed by atoms with Crippen LogP contribution in [-0.4, -0.2) is 35.8 Å². The van der Waals surface area contributed by atoms with E-state index in [9.17, 15) is 9.59 Å². The maximum atomic E-state index is 12.3. The van der Waals surface area contributed by atoms with Crippen molar-refractivity contribution in [2.75, 3.05) is 18.8 Å². The van der Waals surface area contributed by atoms with Gasteiger partial charge in [0, 0.05) is 18.7 Å². The third-order valence-corrected chi connectivity index (χ3v) is 3.35. The van der Waals surface area contributed by atoms with Gasteiger partial charge >= 0.3 is 0 Å². The van der Waals surface area contributed by atoms with Gasteiger partial charge < -0.3 is 16.0 Å². The first kappa shape index (κ1) is 12.7. The lowest BCUT2D eigenvalue weighted by Crippen LogP contribution is -2.55. The van der Waals surface area contributed by atoms with E-state index in [2.05, 4.69) is 5.32 Å². The minimum Gasteiger partial charge on any atom is -0.398 e. The third kappa shape index (κ3) is 2.26. The van der Waals surface area contributed by atoms with Crippen LogP contribution in [0.4, 0.5) is 5.69 Å². The van der Waals surface area contributed by atoms with Crippen LogP contribution in [-0.2, 0) is 4.79 Å². The van der Waals surface area contributed by atoms with E-state index in [-0.39, 0.29) is 11.8 Å². The number of nitrogens with one attached hydrogen (secondary N) is 1. The first-order valence-electron chi connectivity index (χ1n) is 5.64. The van der Waals surface area contributed by atoms with Gasteiger partial charge in [0.1, 0.15) is 6.04 Å². The summed E-state index contributed by atoms with van der Waals surface area (Å²) in [5.74, 6) is -0.350. The summed E-state index contributed by atoms with van der Waals surface area (Å²) >= 11 is 5.81. The van der Waals surface area contributed by atoms with Crippen LogP contribution >= 0.6 is 11.6 Å². The van der Waals surface area contributed by atoms with Crippen molar-refractivity contribution in [1.82, 2.24) is 10.2 Å². The summed E-state index contributed by atoms with van der Waals surface area (Å²) < 4.78 is 0. The highest BCUT2D eigenvalue weighted by atomic mass is 35.5. The highest BCUT2D eigenvalue weighted by Crippen LogP contribution is 2.21. The highest BCUT2D eigenvalue weighted by Gasteiger charge is 2.29. The van der Waals surface area contributed by atoms with Crippen LogP contribution in [0.5, 0.6) is 0 Å². The smallest absolute Gasteiger partial charge is 0.254 e. The molecule has 0 saturated carbocycles. The number of benzene rings is 1. The molecule has 1 aromatic rings. The molecule has 0 spiro atoms. The van der Waals surface area contributed by atoms with Crippen molar-refractivity contribution in [2.45, 2.75) is 13.0 Å². The fourth-order valence-electron chi connectivity index (χ4n) is 1.90. The number of nitrogens with zero attached hydrogens (tertiary/aromatic N) is 1. The Labute approximate surface area is 110 Å². The Morgan fingerprint density at radius 3 is 2.94 bits per heavy atom. The normalized spacial score (nSPS) is 19.6. The molecule has 1 heterocycles. The van der Waals surface area contributed by atoms with E-state index in [1.165, 1.54) is 11.0 Å². The molecule has 1 unspecified atom stereocenters. The molecule has 2 amide bonds. The number of hydrogen-bond donors (Lipinski definition) is 2. The van der Waals surface area contributed by atoms with Crippen LogP contribution in [0, 0.1) is 0 Å². The lowest BCUT2D eigenvalue weighted by Gasteiger charge is -2.32. The highest BCUT2D eigenvalue weighted by molar-refractivity contribution is 6.33. The summed E-state index contributed by atoms with van der Waals surface area (Å²) in [5.41, 5.74) is 6.47. The lowest BCUT2D eigenvalue weighted by atomic mass is 10.1. The molecule has 0 aliphatic carbocycles. The van der Waals surface area contributed by atoms with Crippen molar-refractivity contribution in [3.8, 4) is 0 Å². The number of piperazine rings is 1. The molecule has 1 aromatic carbocycles. The summed E-state index contributed by atoms with van der Waals surface area (Å²) in [4.78, 5) is 25.3. The molecule has 1 saturated heterocycles. The third-order valence-electron chi connectivity index (χ3n) is 3.00. The van der Waals surface area contributed by atoms with Gasteiger partial charge in [0.05, 0.1) is 10.7 Å². The zero-order chi connectivity index (χ0) is 13.3. The van der Waals surface area contributed by atoms with Crippen molar-refractivity contribution in [3.05, 3.63) is 28.8 Å². The average Bonchev–Trinajstić information content (AvgIpc) is 2.35. The Morgan fingerprint density at radius 1 is 1.56 bits per heavy atom. The molecule has 3 N–H and O–H groups in total. The molecule has 1 aliphatic rings. The topological polar surface area (TPSA) is 75.4 Å². The van der Waals surface area contributed by atoms with E-state index in [4.69, 9.17) is 17.3 Å². The van der Waals surface area contributed by atoms with Crippen molar-refractivity contribution >= 4 is 29.1 Å². The maximum absolute atomic E-state index is 12.3. The van der Waals surface area contributed by atoms with Crippen molar-refractivity contribution in [3.63, 3.8) is 0 Å². The lowest BCUT2D eigenvalue weighted by molar-refractivity contribution is -0.127. The molecule has 1 aliphatic heterocycles. The standard InChI is InChI=1S/C12H14ClN3O2/c1-7-11(17)15-4-5-16(7)12(18)8-2-3-9(13)10(14)6-8/h2-3,6-7H,4-5,14H2,1H3,(H,15,17). The molecular weight excluding hydrogens is 254 g/mol. The summed E-state index contributed by atoms with van der Waals surface area (Å²) in [5, 5.41) is 3.12. The van der Waals surface area contributed by atoms with E-state index in [1.807, 2.05) is 0 Å². The first-order chi connectivity index (χ1) is 8.50. The number of hydrogen-bond acceptors (Lipinski definition) is 3. The second-order valence-electron chi connectivity index (χ2n) is 4.20. The number of nitrogens with two attached hydrogens (primary N) is 1. The average molecular weight is 268 g/mol. The van der Waals surface area contributed by atoms with Crippen LogP contribution in [0.3, 0.4) is 0 Å². The Kier molecular flexibility index (Phi) is 3.43. The zero-order valence-corrected chi connectivity index (χ0v) is 10.7. The molecular formula is C12H14ClN3O2. The minimum atomic E-state index is -0.469. The molecule has 6 heteroatoms. The number of halogens is 1. The number of carbonyl (C=O) groups is 2. The number of rotatable bonds is 1. The summed E-state index contributed by atoms with van der Waals surface area (Å²) in [7, 11) is 0. The SMILES string of the molecule is CC1C(=O)NCCN1C(=O)c1ccc(Cl)c(N)c1. The van der Waals surface area contributed by atoms with Crippen LogP contribution in [0.2, 0.25) is 5.02 Å². The molecule has 2 rings (SSSR count). The fraction of sp³-hybridized carbons (Fsp3) is 0.333. The summed E-state index contributed by atoms with van der Waals surface area (Å²) in [6.45, 7) is 2.66. The zero-order valence-electron chi connectivity index (χ0n) is 9.94. The van der Waals surface area contributed by atoms with Crippen LogP contribution in [0.1, 0.15) is 17.3 Å². The van der Waals surface area contributed by atoms with E-state index in [0.717, 1.165) is 0 Å². The molecule has 0 radical (unpaired) electrons. The number of carbonyl (C=O) groups excluding carboxylic acids is 2. The predicted octanol–water partition coefficient (Wildman–Crippen LogP) is 0.883. The van der Waals surface area contributed by atoms with Gasteiger partial charge in [0.15, 0.2) is 0 Å². The van der Waals surface area contributed by atoms with Gasteiger partial charge in [-0.05, 0) is 25.1 Å². The van der Waals surface area contributed by atoms with Crippen molar-refractivity contribution < 1.29 is 9.59 Å². The molecule has 5 nitrogen and oxygen atoms in total. The fourth-order valence-corrected chi connectivity index (χ4v) is 2.02. The largest absolute Gasteiger partial charge is 0.398 e. The van der Waals surface area contributed by atoms with Gasteiger partial charge in [-0.3, -0.25) is 9.59 Å². The van der Waals surface area contributed by atoms with E-state index < -0.39 is 6.04 Å². The van der Waals surface area contributed by atoms with Gasteiger partial charge in [0.25, 0.3) is 5.91 Å². The second-order valence-corrected chi connectivity index (χ2v) is 4.61. The maximum Gasteiger partial charge on any atom is 0.254 e. The summed E-state index contributed by atoms with van der Waals surface area (Å²) in [6, 6.07) is 4.26. The Balaban J connectivity index is 2.25. The van der Waals surface area contributed by atoms with Crippen LogP contribution in [0.15, 0.2) is 18.2 Å². The molecule has 1 atom stereocenters. The van der Waals surface area contributed by atoms with E-state index in [0.29, 0.717) is 29.4 Å². The van der Waals surface area contributed by atoms with E-state index in [1.54, 1.807) is 19.1 Å². The van der Waals surface area contributed by atoms with Crippen LogP contribution < -0.4 is 11.1 Å². The van der Waals surface area contributed by atoms with Gasteiger partial charge in [0.2, 0.25) is 5.91 Å². The Morgan fingerprint density at radius 2 is 2.28 bits per heavy atom. The molecule has 18 heavy (non-hydrogen) atoms. The van der Waals surface area contributed by atoms with Gasteiger partial charge in [-0.1, -0.05) is 11.6 Å². The van der Waals surface area contributed by atoms with E-state index >= 15 is 0 Å².